The van der Waals surface area contributed by atoms with Crippen molar-refractivity contribution in [3.05, 3.63) is 35.1 Å². The van der Waals surface area contributed by atoms with Gasteiger partial charge in [0.1, 0.15) is 5.82 Å². The number of hydrogen-bond acceptors (Lipinski definition) is 4. The van der Waals surface area contributed by atoms with Gasteiger partial charge in [-0.05, 0) is 37.5 Å². The van der Waals surface area contributed by atoms with E-state index in [1.54, 1.807) is 6.92 Å². The van der Waals surface area contributed by atoms with Gasteiger partial charge in [-0.25, -0.2) is 9.18 Å². The Kier molecular flexibility index (Phi) is 4.52. The first-order valence-electron chi connectivity index (χ1n) is 7.79. The van der Waals surface area contributed by atoms with Crippen LogP contribution in [-0.4, -0.2) is 30.3 Å². The lowest BCUT2D eigenvalue weighted by Crippen LogP contribution is -2.33. The molecule has 1 unspecified atom stereocenters. The zero-order chi connectivity index (χ0) is 17.5. The fraction of sp³-hybridized carbons (Fsp3) is 0.562. The number of alkyl halides is 3. The van der Waals surface area contributed by atoms with E-state index in [0.717, 1.165) is 12.1 Å². The third-order valence-corrected chi connectivity index (χ3v) is 4.43. The van der Waals surface area contributed by atoms with Crippen LogP contribution in [0, 0.1) is 11.7 Å². The van der Waals surface area contributed by atoms with Crippen molar-refractivity contribution in [2.24, 2.45) is 5.92 Å². The largest absolute Gasteiger partial charge is 0.464 e. The summed E-state index contributed by atoms with van der Waals surface area (Å²) >= 11 is 0. The molecule has 0 aromatic heterocycles. The molecule has 0 aliphatic carbocycles. The molecule has 8 heteroatoms. The molecule has 2 saturated heterocycles. The number of ether oxygens (including phenoxy) is 1. The maximum absolute atomic E-state index is 13.3. The zero-order valence-corrected chi connectivity index (χ0v) is 13.0. The summed E-state index contributed by atoms with van der Waals surface area (Å²) in [5, 5.41) is 1.40. The molecule has 2 heterocycles. The molecule has 0 radical (unpaired) electrons. The number of benzene rings is 1. The summed E-state index contributed by atoms with van der Waals surface area (Å²) < 4.78 is 58.3. The Morgan fingerprint density at radius 3 is 2.83 bits per heavy atom. The highest BCUT2D eigenvalue weighted by Gasteiger charge is 2.52. The van der Waals surface area contributed by atoms with Crippen molar-refractivity contribution in [3.8, 4) is 0 Å². The molecular formula is C16H17F4NO3. The predicted octanol–water partition coefficient (Wildman–Crippen LogP) is 3.47. The van der Waals surface area contributed by atoms with Gasteiger partial charge in [-0.3, -0.25) is 4.84 Å². The Bertz CT molecular complexity index is 634. The van der Waals surface area contributed by atoms with Gasteiger partial charge in [0.15, 0.2) is 6.10 Å². The van der Waals surface area contributed by atoms with Crippen LogP contribution in [0.4, 0.5) is 17.6 Å². The minimum Gasteiger partial charge on any atom is -0.464 e. The van der Waals surface area contributed by atoms with Gasteiger partial charge < -0.3 is 4.74 Å². The first kappa shape index (κ1) is 17.2. The van der Waals surface area contributed by atoms with Crippen molar-refractivity contribution in [2.45, 2.75) is 38.1 Å². The van der Waals surface area contributed by atoms with Crippen LogP contribution >= 0.6 is 0 Å². The van der Waals surface area contributed by atoms with E-state index < -0.39 is 41.6 Å². The molecule has 132 valence electrons. The Morgan fingerprint density at radius 1 is 1.42 bits per heavy atom. The van der Waals surface area contributed by atoms with E-state index in [0.29, 0.717) is 25.5 Å². The Hall–Kier alpha value is -1.67. The van der Waals surface area contributed by atoms with Crippen LogP contribution in [0.15, 0.2) is 18.2 Å². The molecular weight excluding hydrogens is 330 g/mol. The molecule has 1 aromatic carbocycles. The first-order chi connectivity index (χ1) is 11.3. The molecule has 2 aliphatic rings. The summed E-state index contributed by atoms with van der Waals surface area (Å²) in [7, 11) is 0. The lowest BCUT2D eigenvalue weighted by Gasteiger charge is -2.32. The highest BCUT2D eigenvalue weighted by Crippen LogP contribution is 2.48. The smallest absolute Gasteiger partial charge is 0.416 e. The van der Waals surface area contributed by atoms with E-state index in [1.807, 2.05) is 0 Å². The second-order valence-corrected chi connectivity index (χ2v) is 5.90. The number of carbonyl (C=O) groups is 1. The minimum atomic E-state index is -4.69. The standard InChI is InChI=1S/C16H17F4NO3/c1-2-23-15(22)14-11-4-3-7-21(24-14)13(11)10-6-5-9(17)8-12(10)16(18,19)20/h5-6,8,11,13-14H,2-4,7H2,1H3/t11-,13-,14+/m0/s1. The number of fused-ring (bicyclic) bond motifs is 2. The van der Waals surface area contributed by atoms with Gasteiger partial charge in [-0.15, -0.1) is 0 Å². The van der Waals surface area contributed by atoms with E-state index >= 15 is 0 Å². The van der Waals surface area contributed by atoms with Gasteiger partial charge in [0, 0.05) is 12.5 Å². The van der Waals surface area contributed by atoms with Crippen molar-refractivity contribution in [2.75, 3.05) is 13.2 Å². The maximum Gasteiger partial charge on any atom is 0.416 e. The van der Waals surface area contributed by atoms with Gasteiger partial charge in [0.25, 0.3) is 0 Å². The summed E-state index contributed by atoms with van der Waals surface area (Å²) in [6, 6.07) is 1.87. The van der Waals surface area contributed by atoms with Gasteiger partial charge in [-0.1, -0.05) is 6.07 Å². The molecule has 2 aliphatic heterocycles. The second kappa shape index (κ2) is 6.33. The summed E-state index contributed by atoms with van der Waals surface area (Å²) in [6.07, 6.45) is -4.36. The third kappa shape index (κ3) is 3.00. The van der Waals surface area contributed by atoms with Crippen LogP contribution in [-0.2, 0) is 20.5 Å². The van der Waals surface area contributed by atoms with Crippen molar-refractivity contribution < 1.29 is 31.9 Å². The fourth-order valence-electron chi connectivity index (χ4n) is 3.51. The average Bonchev–Trinajstić information content (AvgIpc) is 2.72. The highest BCUT2D eigenvalue weighted by atomic mass is 19.4. The average molecular weight is 347 g/mol. The number of nitrogens with zero attached hydrogens (tertiary/aromatic N) is 1. The second-order valence-electron chi connectivity index (χ2n) is 5.90. The minimum absolute atomic E-state index is 0.0691. The molecule has 4 atom stereocenters. The summed E-state index contributed by atoms with van der Waals surface area (Å²) in [5.74, 6) is -1.98. The van der Waals surface area contributed by atoms with Crippen LogP contribution < -0.4 is 0 Å². The molecule has 2 fully saturated rings. The monoisotopic (exact) mass is 347 g/mol. The number of hydrogen-bond donors (Lipinski definition) is 0. The van der Waals surface area contributed by atoms with E-state index in [2.05, 4.69) is 0 Å². The number of rotatable bonds is 3. The van der Waals surface area contributed by atoms with Gasteiger partial charge in [-0.2, -0.15) is 18.2 Å². The lowest BCUT2D eigenvalue weighted by atomic mass is 9.82. The van der Waals surface area contributed by atoms with E-state index in [4.69, 9.17) is 9.57 Å². The number of halogens is 4. The Labute approximate surface area is 136 Å². The van der Waals surface area contributed by atoms with Crippen LogP contribution in [0.3, 0.4) is 0 Å². The Balaban J connectivity index is 1.99. The van der Waals surface area contributed by atoms with Crippen molar-refractivity contribution in [1.29, 1.82) is 0 Å². The SMILES string of the molecule is CCOC(=O)[C@@H]1ON2CCC[C@H]1[C@@H]2c1ccc(F)cc1C(F)(F)F. The van der Waals surface area contributed by atoms with Crippen molar-refractivity contribution in [1.82, 2.24) is 5.06 Å². The molecule has 0 spiro atoms. The quantitative estimate of drug-likeness (QED) is 0.620. The highest BCUT2D eigenvalue weighted by molar-refractivity contribution is 5.75. The molecule has 24 heavy (non-hydrogen) atoms. The topological polar surface area (TPSA) is 38.8 Å². The Morgan fingerprint density at radius 2 is 2.17 bits per heavy atom. The maximum atomic E-state index is 13.3. The summed E-state index contributed by atoms with van der Waals surface area (Å²) in [6.45, 7) is 2.23. The normalized spacial score (nSPS) is 29.5. The van der Waals surface area contributed by atoms with Crippen LogP contribution in [0.25, 0.3) is 0 Å². The molecule has 0 saturated carbocycles. The fourth-order valence-corrected chi connectivity index (χ4v) is 3.51. The van der Waals surface area contributed by atoms with E-state index in [1.165, 1.54) is 5.06 Å². The van der Waals surface area contributed by atoms with Crippen LogP contribution in [0.2, 0.25) is 0 Å². The van der Waals surface area contributed by atoms with Gasteiger partial charge in [0.2, 0.25) is 0 Å². The number of hydroxylamine groups is 2. The molecule has 2 bridgehead atoms. The summed E-state index contributed by atoms with van der Waals surface area (Å²) in [4.78, 5) is 17.6. The van der Waals surface area contributed by atoms with Crippen molar-refractivity contribution >= 4 is 5.97 Å². The zero-order valence-electron chi connectivity index (χ0n) is 13.0. The predicted molar refractivity (Wildman–Crippen MR) is 75.1 cm³/mol. The molecule has 1 aromatic rings. The molecule has 0 amide bonds. The van der Waals surface area contributed by atoms with Crippen LogP contribution in [0.5, 0.6) is 0 Å². The number of piperidine rings is 1. The molecule has 4 nitrogen and oxygen atoms in total. The molecule has 3 rings (SSSR count). The summed E-state index contributed by atoms with van der Waals surface area (Å²) in [5.41, 5.74) is -1.10. The first-order valence-corrected chi connectivity index (χ1v) is 7.79. The lowest BCUT2D eigenvalue weighted by molar-refractivity contribution is -0.189. The van der Waals surface area contributed by atoms with E-state index in [9.17, 15) is 22.4 Å². The van der Waals surface area contributed by atoms with E-state index in [-0.39, 0.29) is 12.2 Å². The van der Waals surface area contributed by atoms with Gasteiger partial charge >= 0.3 is 12.1 Å². The van der Waals surface area contributed by atoms with Gasteiger partial charge in [0.05, 0.1) is 18.2 Å². The number of esters is 1. The molecule has 0 N–H and O–H groups in total. The van der Waals surface area contributed by atoms with Crippen LogP contribution in [0.1, 0.15) is 36.9 Å². The number of carbonyl (C=O) groups excluding carboxylic acids is 1. The van der Waals surface area contributed by atoms with Crippen molar-refractivity contribution in [3.63, 3.8) is 0 Å². The third-order valence-electron chi connectivity index (χ3n) is 4.43.